The van der Waals surface area contributed by atoms with E-state index in [0.29, 0.717) is 5.82 Å². The SMILES string of the molecule is O=C(O)c1ccnc(NCCC2CCC2)c1. The van der Waals surface area contributed by atoms with Gasteiger partial charge in [-0.25, -0.2) is 9.78 Å². The summed E-state index contributed by atoms with van der Waals surface area (Å²) in [5.41, 5.74) is 0.279. The summed E-state index contributed by atoms with van der Waals surface area (Å²) in [6, 6.07) is 3.07. The van der Waals surface area contributed by atoms with E-state index in [-0.39, 0.29) is 5.56 Å². The zero-order chi connectivity index (χ0) is 11.4. The zero-order valence-corrected chi connectivity index (χ0v) is 9.15. The van der Waals surface area contributed by atoms with Crippen LogP contribution in [0.5, 0.6) is 0 Å². The van der Waals surface area contributed by atoms with Crippen molar-refractivity contribution >= 4 is 11.8 Å². The second-order valence-electron chi connectivity index (χ2n) is 4.25. The van der Waals surface area contributed by atoms with Gasteiger partial charge in [0.25, 0.3) is 0 Å². The summed E-state index contributed by atoms with van der Waals surface area (Å²) in [7, 11) is 0. The molecular formula is C12H16N2O2. The van der Waals surface area contributed by atoms with Gasteiger partial charge in [0, 0.05) is 12.7 Å². The van der Waals surface area contributed by atoms with Crippen molar-refractivity contribution in [3.8, 4) is 0 Å². The lowest BCUT2D eigenvalue weighted by Crippen LogP contribution is -2.16. The normalized spacial score (nSPS) is 15.5. The molecule has 1 saturated carbocycles. The number of carbonyl (C=O) groups is 1. The highest BCUT2D eigenvalue weighted by Crippen LogP contribution is 2.29. The van der Waals surface area contributed by atoms with Gasteiger partial charge in [0.1, 0.15) is 5.82 Å². The van der Waals surface area contributed by atoms with Gasteiger partial charge in [-0.15, -0.1) is 0 Å². The molecule has 0 bridgehead atoms. The van der Waals surface area contributed by atoms with Crippen LogP contribution in [-0.2, 0) is 0 Å². The predicted molar refractivity (Wildman–Crippen MR) is 61.6 cm³/mol. The maximum absolute atomic E-state index is 10.7. The van der Waals surface area contributed by atoms with Crippen molar-refractivity contribution in [2.45, 2.75) is 25.7 Å². The molecule has 1 aliphatic carbocycles. The van der Waals surface area contributed by atoms with Crippen LogP contribution < -0.4 is 5.32 Å². The quantitative estimate of drug-likeness (QED) is 0.799. The molecule has 0 atom stereocenters. The Balaban J connectivity index is 1.83. The Morgan fingerprint density at radius 2 is 2.38 bits per heavy atom. The topological polar surface area (TPSA) is 62.2 Å². The van der Waals surface area contributed by atoms with Gasteiger partial charge < -0.3 is 10.4 Å². The number of aromatic nitrogens is 1. The molecule has 1 fully saturated rings. The van der Waals surface area contributed by atoms with E-state index >= 15 is 0 Å². The number of aromatic carboxylic acids is 1. The van der Waals surface area contributed by atoms with Gasteiger partial charge in [0.05, 0.1) is 5.56 Å². The van der Waals surface area contributed by atoms with Crippen LogP contribution in [0.4, 0.5) is 5.82 Å². The van der Waals surface area contributed by atoms with Crippen LogP contribution in [0.1, 0.15) is 36.0 Å². The van der Waals surface area contributed by atoms with Crippen LogP contribution in [0, 0.1) is 5.92 Å². The molecule has 0 amide bonds. The van der Waals surface area contributed by atoms with Crippen LogP contribution in [0.15, 0.2) is 18.3 Å². The maximum Gasteiger partial charge on any atom is 0.335 e. The van der Waals surface area contributed by atoms with Gasteiger partial charge in [0.15, 0.2) is 0 Å². The molecule has 0 spiro atoms. The van der Waals surface area contributed by atoms with Crippen molar-refractivity contribution in [1.82, 2.24) is 4.98 Å². The predicted octanol–water partition coefficient (Wildman–Crippen LogP) is 2.38. The van der Waals surface area contributed by atoms with Crippen molar-refractivity contribution in [1.29, 1.82) is 0 Å². The smallest absolute Gasteiger partial charge is 0.335 e. The Labute approximate surface area is 94.7 Å². The minimum Gasteiger partial charge on any atom is -0.478 e. The average Bonchev–Trinajstić information content (AvgIpc) is 2.22. The van der Waals surface area contributed by atoms with Crippen LogP contribution in [-0.4, -0.2) is 22.6 Å². The fraction of sp³-hybridized carbons (Fsp3) is 0.500. The lowest BCUT2D eigenvalue weighted by Gasteiger charge is -2.25. The highest BCUT2D eigenvalue weighted by Gasteiger charge is 2.16. The van der Waals surface area contributed by atoms with Gasteiger partial charge in [-0.2, -0.15) is 0 Å². The van der Waals surface area contributed by atoms with Gasteiger partial charge in [0.2, 0.25) is 0 Å². The molecule has 1 aromatic heterocycles. The first-order chi connectivity index (χ1) is 7.75. The van der Waals surface area contributed by atoms with Crippen molar-refractivity contribution in [3.05, 3.63) is 23.9 Å². The standard InChI is InChI=1S/C12H16N2O2/c15-12(16)10-5-7-14-11(8-10)13-6-4-9-2-1-3-9/h5,7-9H,1-4,6H2,(H,13,14)(H,15,16). The van der Waals surface area contributed by atoms with E-state index in [0.717, 1.165) is 18.9 Å². The molecular weight excluding hydrogens is 204 g/mol. The van der Waals surface area contributed by atoms with Gasteiger partial charge in [-0.05, 0) is 24.5 Å². The molecule has 16 heavy (non-hydrogen) atoms. The third-order valence-corrected chi connectivity index (χ3v) is 3.09. The fourth-order valence-corrected chi connectivity index (χ4v) is 1.85. The number of pyridine rings is 1. The summed E-state index contributed by atoms with van der Waals surface area (Å²) >= 11 is 0. The highest BCUT2D eigenvalue weighted by molar-refractivity contribution is 5.88. The van der Waals surface area contributed by atoms with Gasteiger partial charge >= 0.3 is 5.97 Å². The minimum atomic E-state index is -0.913. The second kappa shape index (κ2) is 4.96. The lowest BCUT2D eigenvalue weighted by atomic mass is 9.83. The van der Waals surface area contributed by atoms with Crippen molar-refractivity contribution in [3.63, 3.8) is 0 Å². The molecule has 86 valence electrons. The number of nitrogens with zero attached hydrogens (tertiary/aromatic N) is 1. The second-order valence-corrected chi connectivity index (χ2v) is 4.25. The monoisotopic (exact) mass is 220 g/mol. The molecule has 2 N–H and O–H groups in total. The maximum atomic E-state index is 10.7. The molecule has 0 aliphatic heterocycles. The molecule has 1 aromatic rings. The summed E-state index contributed by atoms with van der Waals surface area (Å²) in [6.45, 7) is 0.876. The number of hydrogen-bond donors (Lipinski definition) is 2. The largest absolute Gasteiger partial charge is 0.478 e. The van der Waals surface area contributed by atoms with E-state index in [1.54, 1.807) is 6.07 Å². The molecule has 0 saturated heterocycles. The molecule has 0 unspecified atom stereocenters. The molecule has 0 aromatic carbocycles. The van der Waals surface area contributed by atoms with E-state index in [1.807, 2.05) is 0 Å². The summed E-state index contributed by atoms with van der Waals surface area (Å²) in [4.78, 5) is 14.8. The van der Waals surface area contributed by atoms with E-state index in [4.69, 9.17) is 5.11 Å². The summed E-state index contributed by atoms with van der Waals surface area (Å²) < 4.78 is 0. The molecule has 2 rings (SSSR count). The Morgan fingerprint density at radius 3 is 3.00 bits per heavy atom. The van der Waals surface area contributed by atoms with Gasteiger partial charge in [-0.3, -0.25) is 0 Å². The number of rotatable bonds is 5. The molecule has 4 heteroatoms. The summed E-state index contributed by atoms with van der Waals surface area (Å²) in [5, 5.41) is 12.0. The summed E-state index contributed by atoms with van der Waals surface area (Å²) in [6.07, 6.45) is 6.71. The van der Waals surface area contributed by atoms with E-state index < -0.39 is 5.97 Å². The van der Waals surface area contributed by atoms with Crippen LogP contribution >= 0.6 is 0 Å². The number of nitrogens with one attached hydrogen (secondary N) is 1. The Hall–Kier alpha value is -1.58. The molecule has 1 aliphatic rings. The van der Waals surface area contributed by atoms with Gasteiger partial charge in [-0.1, -0.05) is 19.3 Å². The first-order valence-corrected chi connectivity index (χ1v) is 5.69. The molecule has 1 heterocycles. The number of carboxylic acid groups (broad SMARTS) is 1. The lowest BCUT2D eigenvalue weighted by molar-refractivity contribution is 0.0697. The van der Waals surface area contributed by atoms with Crippen molar-refractivity contribution in [2.75, 3.05) is 11.9 Å². The van der Waals surface area contributed by atoms with Crippen LogP contribution in [0.2, 0.25) is 0 Å². The Morgan fingerprint density at radius 1 is 1.56 bits per heavy atom. The first kappa shape index (κ1) is 10.9. The third-order valence-electron chi connectivity index (χ3n) is 3.09. The van der Waals surface area contributed by atoms with E-state index in [2.05, 4.69) is 10.3 Å². The highest BCUT2D eigenvalue weighted by atomic mass is 16.4. The number of hydrogen-bond acceptors (Lipinski definition) is 3. The number of anilines is 1. The minimum absolute atomic E-state index is 0.279. The van der Waals surface area contributed by atoms with E-state index in [9.17, 15) is 4.79 Å². The van der Waals surface area contributed by atoms with Crippen LogP contribution in [0.25, 0.3) is 0 Å². The van der Waals surface area contributed by atoms with E-state index in [1.165, 1.54) is 31.5 Å². The first-order valence-electron chi connectivity index (χ1n) is 5.69. The Bertz CT molecular complexity index is 375. The summed E-state index contributed by atoms with van der Waals surface area (Å²) in [5.74, 6) is 0.596. The van der Waals surface area contributed by atoms with Crippen LogP contribution in [0.3, 0.4) is 0 Å². The zero-order valence-electron chi connectivity index (χ0n) is 9.15. The van der Waals surface area contributed by atoms with Crippen molar-refractivity contribution < 1.29 is 9.90 Å². The molecule has 4 nitrogen and oxygen atoms in total. The fourth-order valence-electron chi connectivity index (χ4n) is 1.85. The molecule has 0 radical (unpaired) electrons. The Kier molecular flexibility index (Phi) is 3.39. The van der Waals surface area contributed by atoms with Crippen molar-refractivity contribution in [2.24, 2.45) is 5.92 Å². The number of carboxylic acids is 1. The average molecular weight is 220 g/mol. The third kappa shape index (κ3) is 2.72.